The fourth-order valence-corrected chi connectivity index (χ4v) is 2.50. The molecule has 0 amide bonds. The van der Waals surface area contributed by atoms with E-state index >= 15 is 0 Å². The third-order valence-electron chi connectivity index (χ3n) is 2.74. The maximum Gasteiger partial charge on any atom is 0.0534 e. The number of aromatic nitrogens is 2. The quantitative estimate of drug-likeness (QED) is 0.832. The van der Waals surface area contributed by atoms with Crippen LogP contribution in [0.15, 0.2) is 29.9 Å². The van der Waals surface area contributed by atoms with Crippen molar-refractivity contribution in [3.8, 4) is 0 Å². The topological polar surface area (TPSA) is 29.9 Å². The lowest BCUT2D eigenvalue weighted by Crippen LogP contribution is -2.18. The summed E-state index contributed by atoms with van der Waals surface area (Å²) in [7, 11) is 0. The Labute approximate surface area is 113 Å². The van der Waals surface area contributed by atoms with E-state index in [1.807, 2.05) is 22.2 Å². The third-order valence-corrected chi connectivity index (χ3v) is 3.67. The summed E-state index contributed by atoms with van der Waals surface area (Å²) in [6.45, 7) is 7.37. The van der Waals surface area contributed by atoms with Crippen molar-refractivity contribution in [1.29, 1.82) is 0 Å². The number of nitrogens with one attached hydrogen (secondary N) is 1. The summed E-state index contributed by atoms with van der Waals surface area (Å²) in [5.41, 5.74) is 1.27. The van der Waals surface area contributed by atoms with Crippen LogP contribution in [0, 0.1) is 5.92 Å². The predicted octanol–water partition coefficient (Wildman–Crippen LogP) is 2.93. The van der Waals surface area contributed by atoms with Crippen molar-refractivity contribution in [2.45, 2.75) is 33.4 Å². The first-order valence-electron chi connectivity index (χ1n) is 6.48. The van der Waals surface area contributed by atoms with Crippen LogP contribution in [0.5, 0.6) is 0 Å². The lowest BCUT2D eigenvalue weighted by atomic mass is 10.2. The molecule has 1 N–H and O–H groups in total. The second-order valence-electron chi connectivity index (χ2n) is 4.97. The second-order valence-corrected chi connectivity index (χ2v) is 6.00. The Bertz CT molecular complexity index is 445. The SMILES string of the molecule is CC(C)CNCc1cnn(CCc2cccs2)c1. The number of nitrogens with zero attached hydrogens (tertiary/aromatic N) is 2. The zero-order chi connectivity index (χ0) is 12.8. The molecule has 0 radical (unpaired) electrons. The first-order valence-corrected chi connectivity index (χ1v) is 7.36. The molecular weight excluding hydrogens is 242 g/mol. The standard InChI is InChI=1S/C14H21N3S/c1-12(2)8-15-9-13-10-16-17(11-13)6-5-14-4-3-7-18-14/h3-4,7,10-12,15H,5-6,8-9H2,1-2H3. The van der Waals surface area contributed by atoms with Gasteiger partial charge in [-0.2, -0.15) is 5.10 Å². The van der Waals surface area contributed by atoms with Crippen LogP contribution >= 0.6 is 11.3 Å². The summed E-state index contributed by atoms with van der Waals surface area (Å²) in [6.07, 6.45) is 5.17. The van der Waals surface area contributed by atoms with Gasteiger partial charge in [-0.25, -0.2) is 0 Å². The van der Waals surface area contributed by atoms with Crippen LogP contribution in [0.3, 0.4) is 0 Å². The summed E-state index contributed by atoms with van der Waals surface area (Å²) in [5.74, 6) is 0.693. The van der Waals surface area contributed by atoms with Gasteiger partial charge in [0.1, 0.15) is 0 Å². The van der Waals surface area contributed by atoms with Gasteiger partial charge in [-0.05, 0) is 23.9 Å². The number of hydrogen-bond donors (Lipinski definition) is 1. The third kappa shape index (κ3) is 4.27. The van der Waals surface area contributed by atoms with Gasteiger partial charge < -0.3 is 5.32 Å². The highest BCUT2D eigenvalue weighted by Crippen LogP contribution is 2.10. The van der Waals surface area contributed by atoms with E-state index in [9.17, 15) is 0 Å². The van der Waals surface area contributed by atoms with Gasteiger partial charge in [-0.1, -0.05) is 19.9 Å². The van der Waals surface area contributed by atoms with Gasteiger partial charge in [0.25, 0.3) is 0 Å². The van der Waals surface area contributed by atoms with E-state index in [0.29, 0.717) is 5.92 Å². The van der Waals surface area contributed by atoms with Gasteiger partial charge in [-0.15, -0.1) is 11.3 Å². The highest BCUT2D eigenvalue weighted by atomic mass is 32.1. The Morgan fingerprint density at radius 1 is 1.44 bits per heavy atom. The maximum absolute atomic E-state index is 4.39. The van der Waals surface area contributed by atoms with Crippen molar-refractivity contribution in [3.63, 3.8) is 0 Å². The van der Waals surface area contributed by atoms with Gasteiger partial charge in [0.15, 0.2) is 0 Å². The molecule has 18 heavy (non-hydrogen) atoms. The number of hydrogen-bond acceptors (Lipinski definition) is 3. The van der Waals surface area contributed by atoms with Crippen LogP contribution in [-0.2, 0) is 19.5 Å². The summed E-state index contributed by atoms with van der Waals surface area (Å²) in [5, 5.41) is 9.95. The van der Waals surface area contributed by atoms with Crippen LogP contribution in [0.4, 0.5) is 0 Å². The zero-order valence-electron chi connectivity index (χ0n) is 11.1. The zero-order valence-corrected chi connectivity index (χ0v) is 11.9. The van der Waals surface area contributed by atoms with Crippen LogP contribution in [0.25, 0.3) is 0 Å². The average Bonchev–Trinajstić information content (AvgIpc) is 2.96. The Hall–Kier alpha value is -1.13. The van der Waals surface area contributed by atoms with E-state index < -0.39 is 0 Å². The largest absolute Gasteiger partial charge is 0.312 e. The molecule has 2 heterocycles. The molecule has 2 aromatic rings. The monoisotopic (exact) mass is 263 g/mol. The minimum atomic E-state index is 0.693. The van der Waals surface area contributed by atoms with Crippen LogP contribution < -0.4 is 5.32 Å². The molecule has 2 aromatic heterocycles. The number of thiophene rings is 1. The molecule has 0 saturated heterocycles. The summed E-state index contributed by atoms with van der Waals surface area (Å²) >= 11 is 1.81. The number of rotatable bonds is 7. The van der Waals surface area contributed by atoms with Gasteiger partial charge in [0.2, 0.25) is 0 Å². The van der Waals surface area contributed by atoms with E-state index in [0.717, 1.165) is 26.1 Å². The molecule has 0 aliphatic carbocycles. The van der Waals surface area contributed by atoms with Gasteiger partial charge in [0.05, 0.1) is 6.20 Å². The minimum absolute atomic E-state index is 0.693. The molecule has 2 rings (SSSR count). The van der Waals surface area contributed by atoms with Crippen molar-refractivity contribution in [2.24, 2.45) is 5.92 Å². The highest BCUT2D eigenvalue weighted by molar-refractivity contribution is 7.09. The summed E-state index contributed by atoms with van der Waals surface area (Å²) in [4.78, 5) is 1.42. The maximum atomic E-state index is 4.39. The Kier molecular flexibility index (Phi) is 4.96. The predicted molar refractivity (Wildman–Crippen MR) is 76.8 cm³/mol. The first kappa shape index (κ1) is 13.3. The van der Waals surface area contributed by atoms with Crippen LogP contribution in [-0.4, -0.2) is 16.3 Å². The lowest BCUT2D eigenvalue weighted by Gasteiger charge is -2.05. The van der Waals surface area contributed by atoms with Crippen LogP contribution in [0.1, 0.15) is 24.3 Å². The van der Waals surface area contributed by atoms with Crippen molar-refractivity contribution in [3.05, 3.63) is 40.3 Å². The average molecular weight is 263 g/mol. The van der Waals surface area contributed by atoms with Gasteiger partial charge in [-0.3, -0.25) is 4.68 Å². The summed E-state index contributed by atoms with van der Waals surface area (Å²) in [6, 6.07) is 4.28. The smallest absolute Gasteiger partial charge is 0.0534 e. The van der Waals surface area contributed by atoms with Crippen molar-refractivity contribution < 1.29 is 0 Å². The minimum Gasteiger partial charge on any atom is -0.312 e. The molecule has 0 bridgehead atoms. The normalized spacial score (nSPS) is 11.3. The Morgan fingerprint density at radius 2 is 2.33 bits per heavy atom. The van der Waals surface area contributed by atoms with E-state index in [2.05, 4.69) is 48.0 Å². The molecule has 0 aromatic carbocycles. The Balaban J connectivity index is 1.75. The Morgan fingerprint density at radius 3 is 3.06 bits per heavy atom. The fourth-order valence-electron chi connectivity index (χ4n) is 1.80. The van der Waals surface area contributed by atoms with E-state index in [1.165, 1.54) is 10.4 Å². The molecule has 98 valence electrons. The molecule has 4 heteroatoms. The molecule has 0 aliphatic heterocycles. The fraction of sp³-hybridized carbons (Fsp3) is 0.500. The summed E-state index contributed by atoms with van der Waals surface area (Å²) < 4.78 is 2.03. The molecular formula is C14H21N3S. The van der Waals surface area contributed by atoms with Crippen molar-refractivity contribution in [2.75, 3.05) is 6.54 Å². The van der Waals surface area contributed by atoms with E-state index in [4.69, 9.17) is 0 Å². The van der Waals surface area contributed by atoms with E-state index in [1.54, 1.807) is 0 Å². The second kappa shape index (κ2) is 6.71. The molecule has 0 fully saturated rings. The van der Waals surface area contributed by atoms with E-state index in [-0.39, 0.29) is 0 Å². The molecule has 0 atom stereocenters. The van der Waals surface area contributed by atoms with Crippen molar-refractivity contribution >= 4 is 11.3 Å². The highest BCUT2D eigenvalue weighted by Gasteiger charge is 2.00. The molecule has 0 unspecified atom stereocenters. The lowest BCUT2D eigenvalue weighted by molar-refractivity contribution is 0.551. The molecule has 3 nitrogen and oxygen atoms in total. The van der Waals surface area contributed by atoms with Gasteiger partial charge >= 0.3 is 0 Å². The van der Waals surface area contributed by atoms with Gasteiger partial charge in [0, 0.05) is 36.1 Å². The molecule has 0 spiro atoms. The van der Waals surface area contributed by atoms with Crippen LogP contribution in [0.2, 0.25) is 0 Å². The first-order chi connectivity index (χ1) is 8.74. The van der Waals surface area contributed by atoms with Crippen molar-refractivity contribution in [1.82, 2.24) is 15.1 Å². The molecule has 0 saturated carbocycles. The number of aryl methyl sites for hydroxylation is 2. The molecule has 0 aliphatic rings.